The monoisotopic (exact) mass is 395 g/mol. The molecule has 1 aliphatic carbocycles. The second kappa shape index (κ2) is 9.53. The largest absolute Gasteiger partial charge is 0.337 e. The number of aryl methyl sites for hydroxylation is 1. The van der Waals surface area contributed by atoms with E-state index in [9.17, 15) is 4.79 Å². The van der Waals surface area contributed by atoms with E-state index in [1.54, 1.807) is 0 Å². The van der Waals surface area contributed by atoms with Crippen LogP contribution in [0.15, 0.2) is 24.5 Å². The highest BCUT2D eigenvalue weighted by Crippen LogP contribution is 2.26. The van der Waals surface area contributed by atoms with Crippen LogP contribution in [0.3, 0.4) is 0 Å². The van der Waals surface area contributed by atoms with Crippen LogP contribution in [0.5, 0.6) is 0 Å². The van der Waals surface area contributed by atoms with Gasteiger partial charge in [-0.2, -0.15) is 5.10 Å². The molecule has 1 saturated heterocycles. The smallest absolute Gasteiger partial charge is 0.274 e. The summed E-state index contributed by atoms with van der Waals surface area (Å²) >= 11 is 0. The van der Waals surface area contributed by atoms with Crippen molar-refractivity contribution >= 4 is 5.91 Å². The highest BCUT2D eigenvalue weighted by atomic mass is 16.2. The first kappa shape index (κ1) is 20.1. The Morgan fingerprint density at radius 3 is 2.66 bits per heavy atom. The molecule has 1 amide bonds. The summed E-state index contributed by atoms with van der Waals surface area (Å²) in [4.78, 5) is 19.4. The first-order chi connectivity index (χ1) is 14.3. The Kier molecular flexibility index (Phi) is 6.60. The van der Waals surface area contributed by atoms with Crippen LogP contribution in [0.2, 0.25) is 0 Å². The maximum absolute atomic E-state index is 13.3. The standard InChI is InChI=1S/C23H33N5O/c1-2-28-21-8-7-19(25-14-11-18-9-12-24-13-10-18)17-20(21)22(26-28)23(29)27-15-5-3-4-6-16-27/h9-10,12-13,19,25H,2-8,11,14-17H2,1H3. The van der Waals surface area contributed by atoms with Gasteiger partial charge in [-0.15, -0.1) is 0 Å². The van der Waals surface area contributed by atoms with E-state index in [2.05, 4.69) is 34.0 Å². The lowest BCUT2D eigenvalue weighted by Crippen LogP contribution is -2.37. The number of hydrogen-bond acceptors (Lipinski definition) is 4. The highest BCUT2D eigenvalue weighted by Gasteiger charge is 2.30. The number of rotatable bonds is 6. The third-order valence-electron chi connectivity index (χ3n) is 6.34. The van der Waals surface area contributed by atoms with E-state index in [0.717, 1.165) is 64.7 Å². The summed E-state index contributed by atoms with van der Waals surface area (Å²) in [6.45, 7) is 5.64. The van der Waals surface area contributed by atoms with Gasteiger partial charge in [0.05, 0.1) is 0 Å². The van der Waals surface area contributed by atoms with Crippen molar-refractivity contribution in [3.05, 3.63) is 47.0 Å². The van der Waals surface area contributed by atoms with Gasteiger partial charge in [0.1, 0.15) is 0 Å². The number of hydrogen-bond donors (Lipinski definition) is 1. The van der Waals surface area contributed by atoms with Crippen molar-refractivity contribution in [2.75, 3.05) is 19.6 Å². The lowest BCUT2D eigenvalue weighted by atomic mass is 9.91. The van der Waals surface area contributed by atoms with E-state index in [4.69, 9.17) is 5.10 Å². The number of likely N-dealkylation sites (tertiary alicyclic amines) is 1. The number of amides is 1. The van der Waals surface area contributed by atoms with Gasteiger partial charge in [0, 0.05) is 49.3 Å². The van der Waals surface area contributed by atoms with Crippen LogP contribution >= 0.6 is 0 Å². The minimum absolute atomic E-state index is 0.146. The summed E-state index contributed by atoms with van der Waals surface area (Å²) in [6, 6.07) is 4.56. The number of fused-ring (bicyclic) bond motifs is 1. The third kappa shape index (κ3) is 4.69. The Bertz CT molecular complexity index is 808. The van der Waals surface area contributed by atoms with Gasteiger partial charge in [-0.1, -0.05) is 12.8 Å². The second-order valence-corrected chi connectivity index (χ2v) is 8.30. The Morgan fingerprint density at radius 2 is 1.93 bits per heavy atom. The van der Waals surface area contributed by atoms with Gasteiger partial charge in [0.25, 0.3) is 5.91 Å². The molecule has 29 heavy (non-hydrogen) atoms. The molecule has 2 aromatic rings. The number of carbonyl (C=O) groups is 1. The molecule has 1 N–H and O–H groups in total. The van der Waals surface area contributed by atoms with Crippen LogP contribution in [-0.4, -0.2) is 51.2 Å². The quantitative estimate of drug-likeness (QED) is 0.817. The molecule has 4 rings (SSSR count). The van der Waals surface area contributed by atoms with Crippen LogP contribution < -0.4 is 5.32 Å². The molecule has 6 heteroatoms. The molecule has 1 aliphatic heterocycles. The molecule has 1 fully saturated rings. The van der Waals surface area contributed by atoms with Crippen molar-refractivity contribution < 1.29 is 4.79 Å². The molecule has 6 nitrogen and oxygen atoms in total. The molecule has 3 heterocycles. The van der Waals surface area contributed by atoms with Gasteiger partial charge in [-0.3, -0.25) is 14.5 Å². The Labute approximate surface area is 173 Å². The number of pyridine rings is 1. The molecule has 1 atom stereocenters. The average Bonchev–Trinajstić information content (AvgIpc) is 2.92. The fourth-order valence-corrected chi connectivity index (χ4v) is 4.69. The van der Waals surface area contributed by atoms with Crippen LogP contribution in [0.1, 0.15) is 66.3 Å². The molecule has 0 saturated carbocycles. The SMILES string of the molecule is CCn1nc(C(=O)N2CCCCCC2)c2c1CCC(NCCc1ccncc1)C2. The minimum atomic E-state index is 0.146. The van der Waals surface area contributed by atoms with E-state index >= 15 is 0 Å². The summed E-state index contributed by atoms with van der Waals surface area (Å²) < 4.78 is 2.06. The molecule has 0 aromatic carbocycles. The Hall–Kier alpha value is -2.21. The van der Waals surface area contributed by atoms with Gasteiger partial charge < -0.3 is 10.2 Å². The van der Waals surface area contributed by atoms with Crippen molar-refractivity contribution in [1.82, 2.24) is 25.0 Å². The molecular formula is C23H33N5O. The van der Waals surface area contributed by atoms with E-state index in [0.29, 0.717) is 11.7 Å². The summed E-state index contributed by atoms with van der Waals surface area (Å²) in [5.41, 5.74) is 4.48. The summed E-state index contributed by atoms with van der Waals surface area (Å²) in [7, 11) is 0. The van der Waals surface area contributed by atoms with Gasteiger partial charge >= 0.3 is 0 Å². The average molecular weight is 396 g/mol. The first-order valence-corrected chi connectivity index (χ1v) is 11.3. The first-order valence-electron chi connectivity index (χ1n) is 11.3. The van der Waals surface area contributed by atoms with E-state index in [1.807, 2.05) is 17.3 Å². The molecule has 0 bridgehead atoms. The van der Waals surface area contributed by atoms with Crippen LogP contribution in [-0.2, 0) is 25.8 Å². The maximum Gasteiger partial charge on any atom is 0.274 e. The van der Waals surface area contributed by atoms with Gasteiger partial charge in [0.2, 0.25) is 0 Å². The zero-order valence-corrected chi connectivity index (χ0v) is 17.6. The molecule has 2 aromatic heterocycles. The molecule has 2 aliphatic rings. The van der Waals surface area contributed by atoms with Crippen LogP contribution in [0.4, 0.5) is 0 Å². The van der Waals surface area contributed by atoms with Gasteiger partial charge in [-0.25, -0.2) is 0 Å². The summed E-state index contributed by atoms with van der Waals surface area (Å²) in [5, 5.41) is 8.48. The predicted octanol–water partition coefficient (Wildman–Crippen LogP) is 3.00. The van der Waals surface area contributed by atoms with Crippen molar-refractivity contribution in [3.8, 4) is 0 Å². The number of carbonyl (C=O) groups excluding carboxylic acids is 1. The predicted molar refractivity (Wildman–Crippen MR) is 114 cm³/mol. The summed E-state index contributed by atoms with van der Waals surface area (Å²) in [6.07, 6.45) is 12.4. The van der Waals surface area contributed by atoms with Crippen molar-refractivity contribution in [2.24, 2.45) is 0 Å². The lowest BCUT2D eigenvalue weighted by molar-refractivity contribution is 0.0753. The van der Waals surface area contributed by atoms with Crippen LogP contribution in [0, 0.1) is 0 Å². The molecular weight excluding hydrogens is 362 g/mol. The second-order valence-electron chi connectivity index (χ2n) is 8.30. The van der Waals surface area contributed by atoms with E-state index < -0.39 is 0 Å². The van der Waals surface area contributed by atoms with Crippen molar-refractivity contribution in [2.45, 2.75) is 70.9 Å². The third-order valence-corrected chi connectivity index (χ3v) is 6.34. The molecule has 0 spiro atoms. The molecule has 0 radical (unpaired) electrons. The topological polar surface area (TPSA) is 63.1 Å². The number of nitrogens with zero attached hydrogens (tertiary/aromatic N) is 4. The maximum atomic E-state index is 13.3. The van der Waals surface area contributed by atoms with Crippen LogP contribution in [0.25, 0.3) is 0 Å². The fraction of sp³-hybridized carbons (Fsp3) is 0.609. The lowest BCUT2D eigenvalue weighted by Gasteiger charge is -2.25. The fourth-order valence-electron chi connectivity index (χ4n) is 4.69. The Balaban J connectivity index is 1.44. The zero-order valence-electron chi connectivity index (χ0n) is 17.6. The normalized spacial score (nSPS) is 19.6. The molecule has 156 valence electrons. The van der Waals surface area contributed by atoms with E-state index in [-0.39, 0.29) is 5.91 Å². The van der Waals surface area contributed by atoms with E-state index in [1.165, 1.54) is 29.7 Å². The number of nitrogens with one attached hydrogen (secondary N) is 1. The minimum Gasteiger partial charge on any atom is -0.337 e. The molecule has 1 unspecified atom stereocenters. The van der Waals surface area contributed by atoms with Gasteiger partial charge in [-0.05, 0) is 69.7 Å². The number of aromatic nitrogens is 3. The van der Waals surface area contributed by atoms with Crippen molar-refractivity contribution in [3.63, 3.8) is 0 Å². The Morgan fingerprint density at radius 1 is 1.17 bits per heavy atom. The highest BCUT2D eigenvalue weighted by molar-refractivity contribution is 5.94. The van der Waals surface area contributed by atoms with Crippen molar-refractivity contribution in [1.29, 1.82) is 0 Å². The summed E-state index contributed by atoms with van der Waals surface area (Å²) in [5.74, 6) is 0.146. The zero-order chi connectivity index (χ0) is 20.1. The van der Waals surface area contributed by atoms with Gasteiger partial charge in [0.15, 0.2) is 5.69 Å².